The average molecular weight is 1320 g/mol. The van der Waals surface area contributed by atoms with Crippen LogP contribution in [0.3, 0.4) is 0 Å². The number of carboxylic acids is 7. The van der Waals surface area contributed by atoms with Crippen LogP contribution in [0.2, 0.25) is 0 Å². The Bertz CT molecular complexity index is 2610. The van der Waals surface area contributed by atoms with Crippen molar-refractivity contribution >= 4 is 85.5 Å². The number of carbonyl (C=O) groups is 10. The van der Waals surface area contributed by atoms with E-state index in [0.717, 1.165) is 5.56 Å². The fraction of sp³-hybridized carbons (Fsp3) is 0.604. The standard InChI is InChI=1S/C53H80N14O18.In/c68-44(55-15-4-3-7-41(51(80)81)57-53(84)58-42(52(82)83)13-14-46(70)71)8-2-1-5-18-65(31-43-54-17-20-66(43)36-50(78)79)29-38-9-11-40(12-10-38)85-37-39-30-67(60-59-39)19-6-16-56-45(69)32-61-21-23-62(33-47(72)73)25-27-64(35-49(76)77)28-26-63(24-22-61)34-48(74)75;/h9-12,17,20,30,41-42H,1-8,13-16,18-19,21-29,31-37H2,(H,55,68)(H,56,69)(H,70,71)(H,72,73)(H,74,75)(H,76,77)(H,78,79)(H,80,81)(H,82,83)(H2,57,58,84);/q;+3/t41-,42-;/m0./s1. The zero-order valence-corrected chi connectivity index (χ0v) is 51.4. The van der Waals surface area contributed by atoms with Crippen molar-refractivity contribution in [2.45, 2.75) is 109 Å². The molecule has 0 unspecified atom stereocenters. The summed E-state index contributed by atoms with van der Waals surface area (Å²) in [6.45, 7) is 3.83. The van der Waals surface area contributed by atoms with Crippen LogP contribution in [0.4, 0.5) is 4.79 Å². The first-order chi connectivity index (χ1) is 40.6. The number of unbranched alkanes of at least 4 members (excludes halogenated alkanes) is 3. The fourth-order valence-corrected chi connectivity index (χ4v) is 9.06. The van der Waals surface area contributed by atoms with Crippen LogP contribution in [0.5, 0.6) is 5.75 Å². The largest absolute Gasteiger partial charge is 3.00 e. The Labute approximate surface area is 514 Å². The number of carboxylic acid groups (broad SMARTS) is 7. The molecule has 11 N–H and O–H groups in total. The van der Waals surface area contributed by atoms with E-state index in [1.54, 1.807) is 42.5 Å². The molecule has 0 radical (unpaired) electrons. The maximum atomic E-state index is 13.1. The molecule has 470 valence electrons. The number of hydrogen-bond acceptors (Lipinski definition) is 19. The number of nitrogens with zero attached hydrogens (tertiary/aromatic N) is 10. The van der Waals surface area contributed by atoms with Crippen LogP contribution in [0.1, 0.15) is 81.3 Å². The number of hydrogen-bond donors (Lipinski definition) is 11. The molecule has 2 aromatic heterocycles. The van der Waals surface area contributed by atoms with Crippen molar-refractivity contribution in [2.75, 3.05) is 98.2 Å². The van der Waals surface area contributed by atoms with Crippen molar-refractivity contribution in [3.05, 3.63) is 59.9 Å². The molecule has 1 aliphatic rings. The van der Waals surface area contributed by atoms with Gasteiger partial charge >= 0.3 is 73.7 Å². The molecule has 1 fully saturated rings. The van der Waals surface area contributed by atoms with Gasteiger partial charge < -0.3 is 66.3 Å². The number of carbonyl (C=O) groups excluding carboxylic acids is 3. The van der Waals surface area contributed by atoms with Crippen LogP contribution < -0.4 is 26.0 Å². The second-order valence-corrected chi connectivity index (χ2v) is 20.5. The molecule has 0 spiro atoms. The van der Waals surface area contributed by atoms with Gasteiger partial charge in [0.2, 0.25) is 11.8 Å². The number of aliphatic carboxylic acids is 7. The van der Waals surface area contributed by atoms with E-state index in [9.17, 15) is 78.6 Å². The third-order valence-corrected chi connectivity index (χ3v) is 13.5. The Balaban J connectivity index is 0.0000194. The molecule has 32 nitrogen and oxygen atoms in total. The van der Waals surface area contributed by atoms with E-state index in [0.29, 0.717) is 115 Å². The van der Waals surface area contributed by atoms with Crippen molar-refractivity contribution < 1.29 is 88.4 Å². The molecule has 4 amide bonds. The van der Waals surface area contributed by atoms with Gasteiger partial charge in [0.05, 0.1) is 38.9 Å². The quantitative estimate of drug-likeness (QED) is 0.0294. The molecule has 3 heterocycles. The van der Waals surface area contributed by atoms with E-state index >= 15 is 0 Å². The van der Waals surface area contributed by atoms with E-state index in [4.69, 9.17) is 9.84 Å². The van der Waals surface area contributed by atoms with Crippen LogP contribution in [0, 0.1) is 0 Å². The zero-order chi connectivity index (χ0) is 62.1. The third kappa shape index (κ3) is 31.1. The Kier molecular flexibility index (Phi) is 33.9. The molecule has 3 aromatic rings. The third-order valence-electron chi connectivity index (χ3n) is 13.5. The number of ether oxygens (including phenoxy) is 1. The predicted octanol–water partition coefficient (Wildman–Crippen LogP) is -1.34. The number of nitrogens with one attached hydrogen (secondary N) is 4. The van der Waals surface area contributed by atoms with Gasteiger partial charge in [-0.2, -0.15) is 0 Å². The second kappa shape index (κ2) is 40.0. The van der Waals surface area contributed by atoms with Gasteiger partial charge in [-0.25, -0.2) is 19.4 Å². The molecule has 1 aliphatic heterocycles. The van der Waals surface area contributed by atoms with E-state index in [1.807, 2.05) is 29.2 Å². The van der Waals surface area contributed by atoms with E-state index in [1.165, 1.54) is 0 Å². The number of benzene rings is 1. The van der Waals surface area contributed by atoms with Crippen molar-refractivity contribution in [2.24, 2.45) is 0 Å². The molecular weight excluding hydrogens is 1240 g/mol. The Morgan fingerprint density at radius 1 is 0.570 bits per heavy atom. The minimum Gasteiger partial charge on any atom is -0.487 e. The Hall–Kier alpha value is -7.46. The smallest absolute Gasteiger partial charge is 0.487 e. The van der Waals surface area contributed by atoms with E-state index in [2.05, 4.69) is 41.5 Å². The maximum absolute atomic E-state index is 13.1. The molecule has 2 atom stereocenters. The fourth-order valence-electron chi connectivity index (χ4n) is 9.06. The molecule has 4 rings (SSSR count). The maximum Gasteiger partial charge on any atom is 3.00 e. The molecule has 86 heavy (non-hydrogen) atoms. The number of rotatable bonds is 39. The number of amides is 4. The molecule has 0 aliphatic carbocycles. The van der Waals surface area contributed by atoms with Gasteiger partial charge in [0, 0.05) is 104 Å². The molecule has 1 saturated heterocycles. The summed E-state index contributed by atoms with van der Waals surface area (Å²) in [6.07, 6.45) is 7.47. The Morgan fingerprint density at radius 3 is 1.65 bits per heavy atom. The van der Waals surface area contributed by atoms with Gasteiger partial charge in [0.1, 0.15) is 42.5 Å². The number of imidazole rings is 1. The van der Waals surface area contributed by atoms with Gasteiger partial charge in [-0.05, 0) is 69.2 Å². The molecule has 0 bridgehead atoms. The normalized spacial score (nSPS) is 14.5. The SMILES string of the molecule is O=C(O)CC[C@H](NC(=O)N[C@@H](CCCCNC(=O)CCCCCN(Cc1ccc(OCc2cn(CCCNC(=O)CN3CCN(CC(=O)O)CCN(CC(=O)O)CCN(CC(=O)O)CC3)nn2)cc1)Cc1nccn1CC(=O)O)C(=O)O)C(=O)O.[In+3]. The summed E-state index contributed by atoms with van der Waals surface area (Å²) in [4.78, 5) is 132. The summed E-state index contributed by atoms with van der Waals surface area (Å²) >= 11 is 0. The summed E-state index contributed by atoms with van der Waals surface area (Å²) in [5.41, 5.74) is 1.52. The van der Waals surface area contributed by atoms with Crippen molar-refractivity contribution in [1.29, 1.82) is 0 Å². The van der Waals surface area contributed by atoms with Crippen LogP contribution in [-0.4, -0.2) is 281 Å². The number of aromatic nitrogens is 5. The minimum atomic E-state index is -1.52. The molecule has 0 saturated carbocycles. The Morgan fingerprint density at radius 2 is 1.10 bits per heavy atom. The number of urea groups is 1. The van der Waals surface area contributed by atoms with Gasteiger partial charge in [0.15, 0.2) is 0 Å². The van der Waals surface area contributed by atoms with Gasteiger partial charge in [0.25, 0.3) is 0 Å². The first kappa shape index (κ1) is 72.8. The summed E-state index contributed by atoms with van der Waals surface area (Å²) in [5.74, 6) is -7.50. The summed E-state index contributed by atoms with van der Waals surface area (Å²) in [5, 5.41) is 83.8. The van der Waals surface area contributed by atoms with E-state index in [-0.39, 0.29) is 129 Å². The monoisotopic (exact) mass is 1320 g/mol. The predicted molar refractivity (Wildman–Crippen MR) is 304 cm³/mol. The number of aryl methyl sites for hydroxylation is 1. The van der Waals surface area contributed by atoms with Crippen LogP contribution in [0.25, 0.3) is 0 Å². The first-order valence-corrected chi connectivity index (χ1v) is 28.0. The van der Waals surface area contributed by atoms with Crippen LogP contribution in [0.15, 0.2) is 42.9 Å². The molecular formula is C53H80InN14O18+3. The second-order valence-electron chi connectivity index (χ2n) is 20.5. The van der Waals surface area contributed by atoms with Gasteiger partial charge in [-0.1, -0.05) is 23.8 Å². The van der Waals surface area contributed by atoms with Crippen molar-refractivity contribution in [3.63, 3.8) is 0 Å². The van der Waals surface area contributed by atoms with Crippen molar-refractivity contribution in [1.82, 2.24) is 70.3 Å². The zero-order valence-electron chi connectivity index (χ0n) is 48.1. The first-order valence-electron chi connectivity index (χ1n) is 28.0. The minimum absolute atomic E-state index is 0. The average Bonchev–Trinajstić information content (AvgIpc) is 4.32. The van der Waals surface area contributed by atoms with Gasteiger partial charge in [-0.3, -0.25) is 62.7 Å². The molecule has 33 heteroatoms. The van der Waals surface area contributed by atoms with Gasteiger partial charge in [-0.15, -0.1) is 5.10 Å². The van der Waals surface area contributed by atoms with Crippen molar-refractivity contribution in [3.8, 4) is 5.75 Å². The molecule has 1 aromatic carbocycles. The summed E-state index contributed by atoms with van der Waals surface area (Å²) in [7, 11) is 0. The van der Waals surface area contributed by atoms with Crippen LogP contribution in [-0.2, 0) is 75.9 Å². The van der Waals surface area contributed by atoms with Crippen LogP contribution >= 0.6 is 0 Å². The summed E-state index contributed by atoms with van der Waals surface area (Å²) in [6, 6.07) is 3.55. The summed E-state index contributed by atoms with van der Waals surface area (Å²) < 4.78 is 9.21. The topological polar surface area (TPSA) is 434 Å². The van der Waals surface area contributed by atoms with E-state index < -0.39 is 66.3 Å².